The Labute approximate surface area is 194 Å². The normalized spacial score (nSPS) is 16.1. The first-order chi connectivity index (χ1) is 16.8. The first-order valence-electron chi connectivity index (χ1n) is 10.5. The van der Waals surface area contributed by atoms with E-state index in [9.17, 15) is 18.0 Å². The maximum Gasteiger partial charge on any atom is 0.433 e. The molecule has 1 unspecified atom stereocenters. The van der Waals surface area contributed by atoms with E-state index in [1.165, 1.54) is 29.4 Å². The Morgan fingerprint density at radius 3 is 2.83 bits per heavy atom. The molecule has 5 aromatic rings. The Kier molecular flexibility index (Phi) is 4.52. The Morgan fingerprint density at radius 1 is 1.20 bits per heavy atom. The van der Waals surface area contributed by atoms with Crippen LogP contribution in [-0.2, 0) is 19.6 Å². The van der Waals surface area contributed by atoms with E-state index in [0.29, 0.717) is 17.8 Å². The average molecular weight is 483 g/mol. The summed E-state index contributed by atoms with van der Waals surface area (Å²) in [5, 5.41) is 16.2. The largest absolute Gasteiger partial charge is 0.433 e. The minimum atomic E-state index is -4.60. The molecule has 1 N–H and O–H groups in total. The van der Waals surface area contributed by atoms with E-state index in [1.807, 2.05) is 0 Å². The Morgan fingerprint density at radius 2 is 2.06 bits per heavy atom. The molecule has 0 radical (unpaired) electrons. The average Bonchev–Trinajstić information content (AvgIpc) is 3.62. The number of rotatable bonds is 3. The van der Waals surface area contributed by atoms with Gasteiger partial charge in [-0.2, -0.15) is 23.4 Å². The molecule has 1 amide bonds. The maximum atomic E-state index is 13.6. The number of nitrogens with zero attached hydrogens (tertiary/aromatic N) is 8. The fraction of sp³-hybridized carbons (Fsp3) is 0.238. The molecule has 0 saturated carbocycles. The molecule has 0 saturated heterocycles. The maximum absolute atomic E-state index is 13.6. The SMILES string of the molecule is Cn1ccc(-c2nnc(C(=O)N3CCc4[nH]cnc4C3c3cc4cccc(C(F)(F)F)n4n3)o2)n1. The lowest BCUT2D eigenvalue weighted by Gasteiger charge is -2.32. The minimum Gasteiger partial charge on any atom is -0.411 e. The van der Waals surface area contributed by atoms with Crippen molar-refractivity contribution in [2.45, 2.75) is 18.6 Å². The second kappa shape index (κ2) is 7.51. The summed E-state index contributed by atoms with van der Waals surface area (Å²) >= 11 is 0. The number of nitrogens with one attached hydrogen (secondary N) is 1. The molecule has 6 heterocycles. The van der Waals surface area contributed by atoms with E-state index < -0.39 is 23.8 Å². The van der Waals surface area contributed by atoms with Crippen LogP contribution in [-0.4, -0.2) is 56.9 Å². The van der Waals surface area contributed by atoms with Gasteiger partial charge < -0.3 is 14.3 Å². The van der Waals surface area contributed by atoms with Crippen molar-refractivity contribution in [1.29, 1.82) is 0 Å². The molecular formula is C21H16F3N9O2. The summed E-state index contributed by atoms with van der Waals surface area (Å²) in [6.45, 7) is 0.236. The van der Waals surface area contributed by atoms with Crippen molar-refractivity contribution in [1.82, 2.24) is 44.5 Å². The monoisotopic (exact) mass is 483 g/mol. The first-order valence-corrected chi connectivity index (χ1v) is 10.5. The topological polar surface area (TPSA) is 123 Å². The second-order valence-corrected chi connectivity index (χ2v) is 8.02. The summed E-state index contributed by atoms with van der Waals surface area (Å²) in [5.74, 6) is -0.786. The number of carbonyl (C=O) groups is 1. The van der Waals surface area contributed by atoms with Gasteiger partial charge >= 0.3 is 18.0 Å². The number of aryl methyl sites for hydroxylation is 1. The van der Waals surface area contributed by atoms with E-state index in [1.54, 1.807) is 24.0 Å². The van der Waals surface area contributed by atoms with Gasteiger partial charge in [-0.25, -0.2) is 9.50 Å². The van der Waals surface area contributed by atoms with Crippen molar-refractivity contribution in [2.24, 2.45) is 7.05 Å². The minimum absolute atomic E-state index is 0.0746. The van der Waals surface area contributed by atoms with Crippen LogP contribution in [0, 0.1) is 0 Å². The number of amides is 1. The third-order valence-electron chi connectivity index (χ3n) is 5.80. The molecule has 0 fully saturated rings. The lowest BCUT2D eigenvalue weighted by Crippen LogP contribution is -2.41. The number of H-pyrrole nitrogens is 1. The lowest BCUT2D eigenvalue weighted by atomic mass is 9.99. The quantitative estimate of drug-likeness (QED) is 0.419. The highest BCUT2D eigenvalue weighted by molar-refractivity contribution is 5.90. The van der Waals surface area contributed by atoms with Crippen LogP contribution in [0.4, 0.5) is 13.2 Å². The summed E-state index contributed by atoms with van der Waals surface area (Å²) in [7, 11) is 1.73. The van der Waals surface area contributed by atoms with Crippen LogP contribution in [0.5, 0.6) is 0 Å². The number of hydrogen-bond donors (Lipinski definition) is 1. The van der Waals surface area contributed by atoms with Gasteiger partial charge in [0.25, 0.3) is 5.89 Å². The van der Waals surface area contributed by atoms with Crippen LogP contribution in [0.3, 0.4) is 0 Å². The van der Waals surface area contributed by atoms with Gasteiger partial charge in [0.15, 0.2) is 0 Å². The number of carbonyl (C=O) groups excluding carboxylic acids is 1. The molecule has 0 bridgehead atoms. The standard InChI is InChI=1S/C21H16F3N9O2/c1-31-7-5-13(29-31)18-27-28-19(35-18)20(34)32-8-6-12-16(26-10-25-12)17(32)14-9-11-3-2-4-15(21(22,23)24)33(11)30-14/h2-5,7,9-10,17H,6,8H2,1H3,(H,25,26). The Bertz CT molecular complexity index is 1560. The molecule has 6 rings (SSSR count). The number of alkyl halides is 3. The van der Waals surface area contributed by atoms with Crippen molar-refractivity contribution in [3.8, 4) is 11.6 Å². The van der Waals surface area contributed by atoms with Crippen LogP contribution in [0.2, 0.25) is 0 Å². The van der Waals surface area contributed by atoms with Crippen molar-refractivity contribution < 1.29 is 22.4 Å². The molecule has 0 spiro atoms. The van der Waals surface area contributed by atoms with Gasteiger partial charge in [0.2, 0.25) is 0 Å². The number of fused-ring (bicyclic) bond motifs is 2. The van der Waals surface area contributed by atoms with Gasteiger partial charge in [0.05, 0.1) is 23.2 Å². The van der Waals surface area contributed by atoms with Crippen LogP contribution in [0.25, 0.3) is 17.1 Å². The number of hydrogen-bond acceptors (Lipinski definition) is 7. The number of halogens is 3. The van der Waals surface area contributed by atoms with Crippen LogP contribution >= 0.6 is 0 Å². The number of pyridine rings is 1. The number of aromatic nitrogens is 8. The highest BCUT2D eigenvalue weighted by Gasteiger charge is 2.39. The molecule has 0 aromatic carbocycles. The molecule has 1 atom stereocenters. The Hall–Kier alpha value is -4.49. The third-order valence-corrected chi connectivity index (χ3v) is 5.80. The number of aromatic amines is 1. The van der Waals surface area contributed by atoms with Crippen LogP contribution in [0.15, 0.2) is 47.3 Å². The van der Waals surface area contributed by atoms with Crippen molar-refractivity contribution in [3.05, 3.63) is 71.5 Å². The summed E-state index contributed by atoms with van der Waals surface area (Å²) in [4.78, 5) is 22.2. The molecule has 0 aliphatic carbocycles. The first kappa shape index (κ1) is 21.1. The zero-order chi connectivity index (χ0) is 24.3. The van der Waals surface area contributed by atoms with Crippen molar-refractivity contribution >= 4 is 11.4 Å². The predicted molar refractivity (Wildman–Crippen MR) is 112 cm³/mol. The van der Waals surface area contributed by atoms with E-state index in [0.717, 1.165) is 16.3 Å². The highest BCUT2D eigenvalue weighted by atomic mass is 19.4. The molecule has 35 heavy (non-hydrogen) atoms. The second-order valence-electron chi connectivity index (χ2n) is 8.02. The van der Waals surface area contributed by atoms with Crippen LogP contribution in [0.1, 0.15) is 39.5 Å². The third kappa shape index (κ3) is 3.45. The van der Waals surface area contributed by atoms with Crippen molar-refractivity contribution in [2.75, 3.05) is 6.54 Å². The van der Waals surface area contributed by atoms with E-state index in [-0.39, 0.29) is 29.5 Å². The fourth-order valence-electron chi connectivity index (χ4n) is 4.24. The number of imidazole rings is 1. The molecule has 14 heteroatoms. The van der Waals surface area contributed by atoms with Gasteiger partial charge in [0.1, 0.15) is 17.4 Å². The van der Waals surface area contributed by atoms with Gasteiger partial charge in [-0.1, -0.05) is 6.07 Å². The molecule has 1 aliphatic rings. The van der Waals surface area contributed by atoms with Gasteiger partial charge in [-0.05, 0) is 24.3 Å². The molecule has 178 valence electrons. The Balaban J connectivity index is 1.42. The van der Waals surface area contributed by atoms with Crippen LogP contribution < -0.4 is 0 Å². The van der Waals surface area contributed by atoms with E-state index in [2.05, 4.69) is 30.4 Å². The van der Waals surface area contributed by atoms with Crippen molar-refractivity contribution in [3.63, 3.8) is 0 Å². The summed E-state index contributed by atoms with van der Waals surface area (Å²) in [6, 6.07) is 6.09. The van der Waals surface area contributed by atoms with Gasteiger partial charge in [0, 0.05) is 31.9 Å². The smallest absolute Gasteiger partial charge is 0.411 e. The van der Waals surface area contributed by atoms with Gasteiger partial charge in [-0.15, -0.1) is 10.2 Å². The molecule has 1 aliphatic heterocycles. The summed E-state index contributed by atoms with van der Waals surface area (Å²) < 4.78 is 48.6. The fourth-order valence-corrected chi connectivity index (χ4v) is 4.24. The van der Waals surface area contributed by atoms with E-state index in [4.69, 9.17) is 4.42 Å². The van der Waals surface area contributed by atoms with Gasteiger partial charge in [-0.3, -0.25) is 9.48 Å². The summed E-state index contributed by atoms with van der Waals surface area (Å²) in [6.07, 6.45) is -0.970. The predicted octanol–water partition coefficient (Wildman–Crippen LogP) is 2.65. The molecule has 11 nitrogen and oxygen atoms in total. The zero-order valence-electron chi connectivity index (χ0n) is 18.1. The van der Waals surface area contributed by atoms with E-state index >= 15 is 0 Å². The lowest BCUT2D eigenvalue weighted by molar-refractivity contribution is -0.142. The zero-order valence-corrected chi connectivity index (χ0v) is 18.1. The summed E-state index contributed by atoms with van der Waals surface area (Å²) in [5.41, 5.74) is 1.21. The molecule has 5 aromatic heterocycles. The molecular weight excluding hydrogens is 467 g/mol. The highest BCUT2D eigenvalue weighted by Crippen LogP contribution is 2.36.